The van der Waals surface area contributed by atoms with Gasteiger partial charge in [0.25, 0.3) is 0 Å². The van der Waals surface area contributed by atoms with Crippen molar-refractivity contribution in [2.45, 2.75) is 24.1 Å². The molecule has 2 aliphatic rings. The summed E-state index contributed by atoms with van der Waals surface area (Å²) >= 11 is 3.60. The van der Waals surface area contributed by atoms with Gasteiger partial charge in [0.1, 0.15) is 23.4 Å². The summed E-state index contributed by atoms with van der Waals surface area (Å²) in [5.74, 6) is 1.09. The number of nitrogens with zero attached hydrogens (tertiary/aromatic N) is 4. The van der Waals surface area contributed by atoms with Crippen molar-refractivity contribution in [1.82, 2.24) is 10.3 Å². The summed E-state index contributed by atoms with van der Waals surface area (Å²) in [6.07, 6.45) is 6.07. The van der Waals surface area contributed by atoms with Crippen molar-refractivity contribution in [2.24, 2.45) is 16.0 Å². The van der Waals surface area contributed by atoms with E-state index in [0.29, 0.717) is 30.6 Å². The number of nitriles is 1. The second-order valence-electron chi connectivity index (χ2n) is 5.85. The maximum atomic E-state index is 8.74. The number of hydrogen-bond donors (Lipinski definition) is 2. The minimum Gasteiger partial charge on any atom is -0.454 e. The standard InChI is InChI=1S/C16H19BrN6O/c17-14-15(12-2-1-4-20-8-12)21-10-23(16(14)19)22-5-3-11-6-13(7-18)24-9-11/h5-6,9,12,14,19-20H,1-4,8,10H2. The van der Waals surface area contributed by atoms with E-state index in [-0.39, 0.29) is 4.83 Å². The lowest BCUT2D eigenvalue weighted by atomic mass is 9.91. The number of hydrazone groups is 1. The van der Waals surface area contributed by atoms with Crippen molar-refractivity contribution in [1.29, 1.82) is 10.7 Å². The molecular formula is C16H19BrN6O. The quantitative estimate of drug-likeness (QED) is 0.607. The highest BCUT2D eigenvalue weighted by Crippen LogP contribution is 2.23. The molecule has 0 aromatic carbocycles. The van der Waals surface area contributed by atoms with Gasteiger partial charge in [-0.2, -0.15) is 10.4 Å². The van der Waals surface area contributed by atoms with Crippen molar-refractivity contribution in [3.05, 3.63) is 23.7 Å². The Hall–Kier alpha value is -1.98. The number of piperidine rings is 1. The normalized spacial score (nSPS) is 24.9. The monoisotopic (exact) mass is 390 g/mol. The highest BCUT2D eigenvalue weighted by atomic mass is 79.9. The fraction of sp³-hybridized carbons (Fsp3) is 0.500. The molecule has 0 aliphatic carbocycles. The van der Waals surface area contributed by atoms with Crippen LogP contribution in [0.2, 0.25) is 0 Å². The molecule has 0 amide bonds. The van der Waals surface area contributed by atoms with Gasteiger partial charge < -0.3 is 9.73 Å². The van der Waals surface area contributed by atoms with Gasteiger partial charge >= 0.3 is 0 Å². The van der Waals surface area contributed by atoms with Crippen LogP contribution in [0.25, 0.3) is 0 Å². The molecule has 0 bridgehead atoms. The average Bonchev–Trinajstić information content (AvgIpc) is 3.07. The summed E-state index contributed by atoms with van der Waals surface area (Å²) in [5, 5.41) is 26.4. The number of furan rings is 1. The first kappa shape index (κ1) is 16.9. The van der Waals surface area contributed by atoms with Crippen LogP contribution in [0.5, 0.6) is 0 Å². The zero-order chi connectivity index (χ0) is 16.9. The maximum Gasteiger partial charge on any atom is 0.203 e. The van der Waals surface area contributed by atoms with Gasteiger partial charge in [-0.15, -0.1) is 0 Å². The predicted molar refractivity (Wildman–Crippen MR) is 95.8 cm³/mol. The summed E-state index contributed by atoms with van der Waals surface area (Å²) in [6.45, 7) is 2.36. The van der Waals surface area contributed by atoms with E-state index >= 15 is 0 Å². The van der Waals surface area contributed by atoms with Gasteiger partial charge in [-0.1, -0.05) is 15.9 Å². The van der Waals surface area contributed by atoms with Gasteiger partial charge in [0.05, 0.1) is 6.26 Å². The Morgan fingerprint density at radius 1 is 1.62 bits per heavy atom. The average molecular weight is 391 g/mol. The largest absolute Gasteiger partial charge is 0.454 e. The molecule has 24 heavy (non-hydrogen) atoms. The molecule has 1 fully saturated rings. The topological polar surface area (TPSA) is 101 Å². The van der Waals surface area contributed by atoms with E-state index in [2.05, 4.69) is 31.3 Å². The Morgan fingerprint density at radius 3 is 3.21 bits per heavy atom. The number of nitrogens with one attached hydrogen (secondary N) is 2. The molecule has 2 atom stereocenters. The van der Waals surface area contributed by atoms with E-state index in [1.165, 1.54) is 0 Å². The number of hydrogen-bond acceptors (Lipinski definition) is 6. The van der Waals surface area contributed by atoms with E-state index in [0.717, 1.165) is 37.2 Å². The lowest BCUT2D eigenvalue weighted by Gasteiger charge is -2.33. The Bertz CT molecular complexity index is 698. The van der Waals surface area contributed by atoms with Crippen molar-refractivity contribution >= 4 is 33.7 Å². The lowest BCUT2D eigenvalue weighted by molar-refractivity contribution is 0.422. The molecule has 1 aromatic rings. The fourth-order valence-electron chi connectivity index (χ4n) is 2.90. The van der Waals surface area contributed by atoms with Crippen LogP contribution in [0.4, 0.5) is 0 Å². The van der Waals surface area contributed by atoms with E-state index in [1.807, 2.05) is 6.07 Å². The number of aliphatic imine (C=N–C) groups is 1. The Balaban J connectivity index is 1.61. The zero-order valence-corrected chi connectivity index (χ0v) is 14.8. The second-order valence-corrected chi connectivity index (χ2v) is 6.76. The van der Waals surface area contributed by atoms with Gasteiger partial charge in [-0.3, -0.25) is 10.4 Å². The van der Waals surface area contributed by atoms with Crippen molar-refractivity contribution in [2.75, 3.05) is 19.8 Å². The van der Waals surface area contributed by atoms with E-state index < -0.39 is 0 Å². The van der Waals surface area contributed by atoms with E-state index in [1.54, 1.807) is 23.6 Å². The van der Waals surface area contributed by atoms with Gasteiger partial charge in [-0.05, 0) is 31.0 Å². The molecule has 1 saturated heterocycles. The molecule has 3 heterocycles. The molecule has 1 aromatic heterocycles. The van der Waals surface area contributed by atoms with Crippen LogP contribution in [-0.4, -0.2) is 47.4 Å². The predicted octanol–water partition coefficient (Wildman–Crippen LogP) is 2.13. The van der Waals surface area contributed by atoms with Gasteiger partial charge in [0.2, 0.25) is 5.76 Å². The molecule has 0 saturated carbocycles. The Kier molecular flexibility index (Phi) is 5.43. The SMILES string of the molecule is N#Cc1cc(CC=NN2CN=C(C3CCCNC3)C(Br)C2=N)co1. The lowest BCUT2D eigenvalue weighted by Crippen LogP contribution is -2.47. The molecule has 2 N–H and O–H groups in total. The first-order valence-corrected chi connectivity index (χ1v) is 8.85. The molecule has 8 heteroatoms. The summed E-state index contributed by atoms with van der Waals surface area (Å²) in [5.41, 5.74) is 1.93. The summed E-state index contributed by atoms with van der Waals surface area (Å²) in [6, 6.07) is 3.64. The minimum absolute atomic E-state index is 0.188. The molecule has 0 spiro atoms. The van der Waals surface area contributed by atoms with Crippen LogP contribution in [0.3, 0.4) is 0 Å². The van der Waals surface area contributed by atoms with Crippen LogP contribution >= 0.6 is 15.9 Å². The van der Waals surface area contributed by atoms with Crippen LogP contribution in [-0.2, 0) is 6.42 Å². The van der Waals surface area contributed by atoms with Gasteiger partial charge in [0, 0.05) is 30.8 Å². The smallest absolute Gasteiger partial charge is 0.203 e. The van der Waals surface area contributed by atoms with Crippen molar-refractivity contribution in [3.8, 4) is 6.07 Å². The maximum absolute atomic E-state index is 8.74. The van der Waals surface area contributed by atoms with Crippen LogP contribution in [0, 0.1) is 22.7 Å². The minimum atomic E-state index is -0.188. The summed E-state index contributed by atoms with van der Waals surface area (Å²) < 4.78 is 5.06. The van der Waals surface area contributed by atoms with Crippen LogP contribution < -0.4 is 5.32 Å². The number of halogens is 1. The highest BCUT2D eigenvalue weighted by molar-refractivity contribution is 9.10. The third kappa shape index (κ3) is 3.74. The molecule has 126 valence electrons. The Labute approximate surface area is 149 Å². The van der Waals surface area contributed by atoms with Crippen LogP contribution in [0.1, 0.15) is 24.2 Å². The summed E-state index contributed by atoms with van der Waals surface area (Å²) in [7, 11) is 0. The first-order valence-electron chi connectivity index (χ1n) is 7.94. The molecule has 0 radical (unpaired) electrons. The fourth-order valence-corrected chi connectivity index (χ4v) is 3.66. The van der Waals surface area contributed by atoms with E-state index in [4.69, 9.17) is 15.1 Å². The van der Waals surface area contributed by atoms with Crippen molar-refractivity contribution in [3.63, 3.8) is 0 Å². The van der Waals surface area contributed by atoms with E-state index in [9.17, 15) is 0 Å². The van der Waals surface area contributed by atoms with Gasteiger partial charge in [0.15, 0.2) is 0 Å². The van der Waals surface area contributed by atoms with Crippen molar-refractivity contribution < 1.29 is 4.42 Å². The molecular weight excluding hydrogens is 372 g/mol. The third-order valence-electron chi connectivity index (χ3n) is 4.19. The highest BCUT2D eigenvalue weighted by Gasteiger charge is 2.32. The third-order valence-corrected chi connectivity index (χ3v) is 5.09. The van der Waals surface area contributed by atoms with Crippen LogP contribution in [0.15, 0.2) is 26.8 Å². The number of rotatable bonds is 4. The Morgan fingerprint density at radius 2 is 2.50 bits per heavy atom. The molecule has 3 rings (SSSR count). The number of amidine groups is 1. The van der Waals surface area contributed by atoms with Gasteiger partial charge in [-0.25, -0.2) is 5.01 Å². The molecule has 7 nitrogen and oxygen atoms in total. The second kappa shape index (κ2) is 7.73. The summed E-state index contributed by atoms with van der Waals surface area (Å²) in [4.78, 5) is 4.46. The molecule has 2 aliphatic heterocycles. The number of alkyl halides is 1. The first-order chi connectivity index (χ1) is 11.7. The molecule has 2 unspecified atom stereocenters. The zero-order valence-electron chi connectivity index (χ0n) is 13.2.